The molecule has 0 radical (unpaired) electrons. The fourth-order valence-electron chi connectivity index (χ4n) is 1.38. The molecule has 4 nitrogen and oxygen atoms in total. The average Bonchev–Trinajstić information content (AvgIpc) is 2.81. The van der Waals surface area contributed by atoms with Crippen LogP contribution in [0.25, 0.3) is 0 Å². The van der Waals surface area contributed by atoms with E-state index in [2.05, 4.69) is 47.4 Å². The van der Waals surface area contributed by atoms with Crippen molar-refractivity contribution in [3.05, 3.63) is 30.1 Å². The minimum Gasteiger partial charge on any atom is -0.272 e. The minimum atomic E-state index is -0.442. The van der Waals surface area contributed by atoms with E-state index in [1.807, 2.05) is 19.1 Å². The third kappa shape index (κ3) is 2.57. The Morgan fingerprint density at radius 2 is 2.12 bits per heavy atom. The maximum absolute atomic E-state index is 11.8. The molecule has 90 valence electrons. The van der Waals surface area contributed by atoms with Crippen molar-refractivity contribution in [2.24, 2.45) is 10.5 Å². The monoisotopic (exact) mass is 359 g/mol. The van der Waals surface area contributed by atoms with Gasteiger partial charge in [-0.1, -0.05) is 31.9 Å². The highest BCUT2D eigenvalue weighted by Gasteiger charge is 2.66. The molecule has 1 N–H and O–H groups in total. The molecule has 1 heterocycles. The lowest BCUT2D eigenvalue weighted by Crippen LogP contribution is -2.29. The summed E-state index contributed by atoms with van der Waals surface area (Å²) in [5.41, 5.74) is 2.99. The Bertz CT molecular complexity index is 461. The number of amides is 1. The van der Waals surface area contributed by atoms with Crippen LogP contribution in [0.5, 0.6) is 0 Å². The first kappa shape index (κ1) is 12.7. The molecule has 1 atom stereocenters. The normalized spacial score (nSPS) is 25.8. The van der Waals surface area contributed by atoms with Crippen LogP contribution in [0.2, 0.25) is 0 Å². The van der Waals surface area contributed by atoms with Gasteiger partial charge in [-0.2, -0.15) is 5.10 Å². The molecule has 17 heavy (non-hydrogen) atoms. The van der Waals surface area contributed by atoms with Crippen LogP contribution in [0, 0.1) is 5.41 Å². The Labute approximate surface area is 116 Å². The lowest BCUT2D eigenvalue weighted by Gasteiger charge is -2.09. The number of hydrogen-bond donors (Lipinski definition) is 1. The zero-order valence-corrected chi connectivity index (χ0v) is 12.3. The second kappa shape index (κ2) is 4.49. The van der Waals surface area contributed by atoms with E-state index in [0.29, 0.717) is 0 Å². The Hall–Kier alpha value is -0.750. The van der Waals surface area contributed by atoms with E-state index in [1.54, 1.807) is 18.6 Å². The molecule has 1 amide bonds. The third-order valence-electron chi connectivity index (χ3n) is 2.84. The second-order valence-electron chi connectivity index (χ2n) is 4.19. The van der Waals surface area contributed by atoms with Crippen LogP contribution in [-0.4, -0.2) is 20.3 Å². The summed E-state index contributed by atoms with van der Waals surface area (Å²) in [6, 6.07) is 3.63. The number of alkyl halides is 2. The van der Waals surface area contributed by atoms with Gasteiger partial charge in [0.15, 0.2) is 0 Å². The predicted molar refractivity (Wildman–Crippen MR) is 73.3 cm³/mol. The van der Waals surface area contributed by atoms with E-state index in [0.717, 1.165) is 12.0 Å². The van der Waals surface area contributed by atoms with Crippen molar-refractivity contribution >= 4 is 44.0 Å². The number of nitrogens with one attached hydrogen (secondary N) is 1. The van der Waals surface area contributed by atoms with Gasteiger partial charge in [-0.3, -0.25) is 9.78 Å². The molecule has 1 fully saturated rings. The Morgan fingerprint density at radius 3 is 2.65 bits per heavy atom. The van der Waals surface area contributed by atoms with Crippen LogP contribution in [0.3, 0.4) is 0 Å². The van der Waals surface area contributed by atoms with Crippen LogP contribution in [0.15, 0.2) is 29.6 Å². The van der Waals surface area contributed by atoms with Crippen molar-refractivity contribution in [2.75, 3.05) is 0 Å². The van der Waals surface area contributed by atoms with Crippen LogP contribution in [-0.2, 0) is 4.79 Å². The molecule has 0 aliphatic heterocycles. The standard InChI is InChI=1S/C11H11Br2N3O/c1-10(7-11(10,12)13)9(17)16-15-6-8-2-4-14-5-3-8/h2-6H,7H2,1H3,(H,16,17)/b15-6-/t10-/m0/s1. The summed E-state index contributed by atoms with van der Waals surface area (Å²) in [6.45, 7) is 1.88. The molecule has 1 aliphatic carbocycles. The van der Waals surface area contributed by atoms with Gasteiger partial charge in [0.25, 0.3) is 0 Å². The van der Waals surface area contributed by atoms with Gasteiger partial charge in [0.1, 0.15) is 0 Å². The molecule has 1 aromatic heterocycles. The topological polar surface area (TPSA) is 54.4 Å². The maximum Gasteiger partial charge on any atom is 0.248 e. The van der Waals surface area contributed by atoms with E-state index in [4.69, 9.17) is 0 Å². The summed E-state index contributed by atoms with van der Waals surface area (Å²) in [6.07, 6.45) is 5.69. The molecule has 6 heteroatoms. The lowest BCUT2D eigenvalue weighted by molar-refractivity contribution is -0.125. The number of pyridine rings is 1. The number of rotatable bonds is 3. The molecule has 0 aromatic carbocycles. The highest BCUT2D eigenvalue weighted by atomic mass is 79.9. The first-order valence-electron chi connectivity index (χ1n) is 5.07. The van der Waals surface area contributed by atoms with Crippen LogP contribution in [0.4, 0.5) is 0 Å². The molecule has 0 saturated heterocycles. The minimum absolute atomic E-state index is 0.100. The summed E-state index contributed by atoms with van der Waals surface area (Å²) in [7, 11) is 0. The average molecular weight is 361 g/mol. The van der Waals surface area contributed by atoms with E-state index in [-0.39, 0.29) is 9.14 Å². The van der Waals surface area contributed by atoms with Crippen molar-refractivity contribution in [2.45, 2.75) is 16.6 Å². The maximum atomic E-state index is 11.8. The largest absolute Gasteiger partial charge is 0.272 e. The Kier molecular flexibility index (Phi) is 3.36. The molecule has 1 saturated carbocycles. The summed E-state index contributed by atoms with van der Waals surface area (Å²) in [5, 5.41) is 3.92. The fourth-order valence-corrected chi connectivity index (χ4v) is 2.87. The zero-order valence-electron chi connectivity index (χ0n) is 9.15. The molecule has 1 aromatic rings. The van der Waals surface area contributed by atoms with Crippen LogP contribution < -0.4 is 5.43 Å². The zero-order chi connectivity index (χ0) is 12.5. The van der Waals surface area contributed by atoms with Gasteiger partial charge in [0, 0.05) is 12.4 Å². The second-order valence-corrected chi connectivity index (χ2v) is 7.96. The summed E-state index contributed by atoms with van der Waals surface area (Å²) >= 11 is 6.88. The number of halogens is 2. The van der Waals surface area contributed by atoms with Gasteiger partial charge in [0.2, 0.25) is 5.91 Å². The molecule has 0 unspecified atom stereocenters. The van der Waals surface area contributed by atoms with E-state index in [1.165, 1.54) is 0 Å². The molecule has 0 spiro atoms. The van der Waals surface area contributed by atoms with Crippen LogP contribution >= 0.6 is 31.9 Å². The first-order chi connectivity index (χ1) is 7.96. The van der Waals surface area contributed by atoms with Gasteiger partial charge < -0.3 is 0 Å². The summed E-state index contributed by atoms with van der Waals surface area (Å²) in [5.74, 6) is -0.100. The van der Waals surface area contributed by atoms with Crippen molar-refractivity contribution in [3.8, 4) is 0 Å². The number of aromatic nitrogens is 1. The van der Waals surface area contributed by atoms with Gasteiger partial charge >= 0.3 is 0 Å². The fraction of sp³-hybridized carbons (Fsp3) is 0.364. The van der Waals surface area contributed by atoms with E-state index >= 15 is 0 Å². The number of nitrogens with zero attached hydrogens (tertiary/aromatic N) is 2. The number of carbonyl (C=O) groups is 1. The molecular formula is C11H11Br2N3O. The van der Waals surface area contributed by atoms with Crippen molar-refractivity contribution < 1.29 is 4.79 Å². The molecule has 2 rings (SSSR count). The predicted octanol–water partition coefficient (Wildman–Crippen LogP) is 2.43. The van der Waals surface area contributed by atoms with Crippen molar-refractivity contribution in [1.82, 2.24) is 10.4 Å². The molecule has 0 bridgehead atoms. The Morgan fingerprint density at radius 1 is 1.53 bits per heavy atom. The highest BCUT2D eigenvalue weighted by molar-refractivity contribution is 9.25. The first-order valence-corrected chi connectivity index (χ1v) is 6.66. The van der Waals surface area contributed by atoms with E-state index in [9.17, 15) is 4.79 Å². The third-order valence-corrected chi connectivity index (χ3v) is 5.16. The highest BCUT2D eigenvalue weighted by Crippen LogP contribution is 2.66. The van der Waals surface area contributed by atoms with E-state index < -0.39 is 5.41 Å². The Balaban J connectivity index is 1.92. The smallest absolute Gasteiger partial charge is 0.248 e. The van der Waals surface area contributed by atoms with Gasteiger partial charge in [-0.25, -0.2) is 5.43 Å². The van der Waals surface area contributed by atoms with Crippen LogP contribution in [0.1, 0.15) is 18.9 Å². The number of hydrazone groups is 1. The molecular weight excluding hydrogens is 350 g/mol. The van der Waals surface area contributed by atoms with Gasteiger partial charge in [-0.05, 0) is 31.0 Å². The van der Waals surface area contributed by atoms with Crippen molar-refractivity contribution in [1.29, 1.82) is 0 Å². The molecule has 1 aliphatic rings. The summed E-state index contributed by atoms with van der Waals surface area (Å²) < 4.78 is -0.288. The quantitative estimate of drug-likeness (QED) is 0.511. The SMILES string of the molecule is C[C@@]1(C(=O)N/N=C\c2ccncc2)CC1(Br)Br. The van der Waals surface area contributed by atoms with Gasteiger partial charge in [-0.15, -0.1) is 0 Å². The van der Waals surface area contributed by atoms with Gasteiger partial charge in [0.05, 0.1) is 14.9 Å². The number of hydrogen-bond acceptors (Lipinski definition) is 3. The lowest BCUT2D eigenvalue weighted by atomic mass is 10.1. The summed E-state index contributed by atoms with van der Waals surface area (Å²) in [4.78, 5) is 15.7. The number of carbonyl (C=O) groups excluding carboxylic acids is 1. The van der Waals surface area contributed by atoms with Crippen molar-refractivity contribution in [3.63, 3.8) is 0 Å².